The van der Waals surface area contributed by atoms with Crippen LogP contribution in [0.25, 0.3) is 0 Å². The molecular formula is C15H29N3O. The molecule has 1 amide bonds. The topological polar surface area (TPSA) is 58.4 Å². The van der Waals surface area contributed by atoms with Gasteiger partial charge < -0.3 is 16.0 Å². The highest BCUT2D eigenvalue weighted by Gasteiger charge is 2.38. The summed E-state index contributed by atoms with van der Waals surface area (Å²) < 4.78 is 0. The van der Waals surface area contributed by atoms with Gasteiger partial charge in [-0.05, 0) is 44.1 Å². The van der Waals surface area contributed by atoms with E-state index >= 15 is 0 Å². The van der Waals surface area contributed by atoms with Crippen molar-refractivity contribution in [2.24, 2.45) is 17.1 Å². The zero-order chi connectivity index (χ0) is 14.2. The van der Waals surface area contributed by atoms with Crippen LogP contribution in [0.4, 0.5) is 0 Å². The Morgan fingerprint density at radius 1 is 1.32 bits per heavy atom. The van der Waals surface area contributed by atoms with Gasteiger partial charge in [0.25, 0.3) is 0 Å². The lowest BCUT2D eigenvalue weighted by atomic mass is 9.86. The molecular weight excluding hydrogens is 238 g/mol. The molecule has 0 radical (unpaired) electrons. The first-order chi connectivity index (χ1) is 8.79. The molecule has 2 saturated heterocycles. The Morgan fingerprint density at radius 2 is 1.84 bits per heavy atom. The maximum absolute atomic E-state index is 12.0. The third kappa shape index (κ3) is 3.29. The van der Waals surface area contributed by atoms with Crippen LogP contribution in [0.15, 0.2) is 0 Å². The van der Waals surface area contributed by atoms with Crippen LogP contribution in [0.2, 0.25) is 0 Å². The lowest BCUT2D eigenvalue weighted by molar-refractivity contribution is -0.124. The predicted molar refractivity (Wildman–Crippen MR) is 77.7 cm³/mol. The monoisotopic (exact) mass is 267 g/mol. The first kappa shape index (κ1) is 14.8. The van der Waals surface area contributed by atoms with E-state index in [1.807, 2.05) is 20.8 Å². The summed E-state index contributed by atoms with van der Waals surface area (Å²) >= 11 is 0. The number of hydrogen-bond acceptors (Lipinski definition) is 3. The highest BCUT2D eigenvalue weighted by Crippen LogP contribution is 2.37. The second-order valence-electron chi connectivity index (χ2n) is 7.48. The Kier molecular flexibility index (Phi) is 4.21. The van der Waals surface area contributed by atoms with Crippen LogP contribution >= 0.6 is 0 Å². The quantitative estimate of drug-likeness (QED) is 0.811. The van der Waals surface area contributed by atoms with Crippen molar-refractivity contribution in [1.82, 2.24) is 10.2 Å². The number of carbonyl (C=O) groups is 1. The number of nitrogens with one attached hydrogen (secondary N) is 1. The summed E-state index contributed by atoms with van der Waals surface area (Å²) in [4.78, 5) is 14.6. The molecule has 4 heteroatoms. The number of carbonyl (C=O) groups excluding carboxylic acids is 1. The zero-order valence-electron chi connectivity index (χ0n) is 12.8. The van der Waals surface area contributed by atoms with Gasteiger partial charge in [0, 0.05) is 18.6 Å². The Balaban J connectivity index is 1.79. The van der Waals surface area contributed by atoms with Crippen molar-refractivity contribution in [3.8, 4) is 0 Å². The highest BCUT2D eigenvalue weighted by molar-refractivity contribution is 5.82. The minimum atomic E-state index is -0.421. The maximum atomic E-state index is 12.0. The van der Waals surface area contributed by atoms with E-state index in [0.717, 1.165) is 18.6 Å². The Bertz CT molecular complexity index is 323. The lowest BCUT2D eigenvalue weighted by Gasteiger charge is -2.36. The molecule has 0 spiro atoms. The van der Waals surface area contributed by atoms with E-state index in [2.05, 4.69) is 17.3 Å². The van der Waals surface area contributed by atoms with Gasteiger partial charge in [0.05, 0.1) is 6.04 Å². The van der Waals surface area contributed by atoms with Crippen LogP contribution in [0.5, 0.6) is 0 Å². The lowest BCUT2D eigenvalue weighted by Crippen LogP contribution is -2.50. The molecule has 3 atom stereocenters. The van der Waals surface area contributed by atoms with Crippen LogP contribution in [0.1, 0.15) is 46.5 Å². The molecule has 0 aliphatic carbocycles. The largest absolute Gasteiger partial charge is 0.354 e. The minimum absolute atomic E-state index is 0.00113. The molecule has 19 heavy (non-hydrogen) atoms. The molecule has 2 bridgehead atoms. The van der Waals surface area contributed by atoms with E-state index in [0.29, 0.717) is 5.92 Å². The van der Waals surface area contributed by atoms with Gasteiger partial charge in [0.15, 0.2) is 0 Å². The zero-order valence-corrected chi connectivity index (χ0v) is 12.8. The van der Waals surface area contributed by atoms with E-state index in [-0.39, 0.29) is 11.3 Å². The van der Waals surface area contributed by atoms with Crippen molar-refractivity contribution in [3.05, 3.63) is 0 Å². The van der Waals surface area contributed by atoms with E-state index in [9.17, 15) is 4.79 Å². The highest BCUT2D eigenvalue weighted by atomic mass is 16.2. The number of rotatable bonds is 3. The summed E-state index contributed by atoms with van der Waals surface area (Å²) in [7, 11) is 2.24. The summed E-state index contributed by atoms with van der Waals surface area (Å²) in [5, 5.41) is 3.06. The SMILES string of the molecule is CN1C2CCC1CC(CNC(=O)[C@H](N)C(C)(C)C)C2. The molecule has 2 unspecified atom stereocenters. The van der Waals surface area contributed by atoms with E-state index in [4.69, 9.17) is 5.73 Å². The number of nitrogens with zero attached hydrogens (tertiary/aromatic N) is 1. The summed E-state index contributed by atoms with van der Waals surface area (Å²) in [5.74, 6) is 0.628. The Labute approximate surface area is 117 Å². The standard InChI is InChI=1S/C15H29N3O/c1-15(2,3)13(16)14(19)17-9-10-7-11-5-6-12(8-10)18(11)4/h10-13H,5-9,16H2,1-4H3,(H,17,19)/t10?,11?,12?,13-/m0/s1. The molecule has 2 aliphatic rings. The van der Waals surface area contributed by atoms with Crippen molar-refractivity contribution < 1.29 is 4.79 Å². The Hall–Kier alpha value is -0.610. The van der Waals surface area contributed by atoms with Crippen molar-refractivity contribution in [1.29, 1.82) is 0 Å². The number of hydrogen-bond donors (Lipinski definition) is 2. The molecule has 0 aromatic heterocycles. The summed E-state index contributed by atoms with van der Waals surface area (Å²) in [6.07, 6.45) is 5.09. The third-order valence-electron chi connectivity index (χ3n) is 4.98. The number of piperidine rings is 1. The van der Waals surface area contributed by atoms with Crippen molar-refractivity contribution in [3.63, 3.8) is 0 Å². The van der Waals surface area contributed by atoms with E-state index in [1.165, 1.54) is 25.7 Å². The fourth-order valence-corrected chi connectivity index (χ4v) is 3.44. The van der Waals surface area contributed by atoms with Crippen molar-refractivity contribution >= 4 is 5.91 Å². The number of amides is 1. The van der Waals surface area contributed by atoms with Crippen LogP contribution in [-0.4, -0.2) is 42.5 Å². The minimum Gasteiger partial charge on any atom is -0.354 e. The van der Waals surface area contributed by atoms with Crippen molar-refractivity contribution in [2.45, 2.75) is 64.6 Å². The third-order valence-corrected chi connectivity index (χ3v) is 4.98. The number of fused-ring (bicyclic) bond motifs is 2. The number of nitrogens with two attached hydrogens (primary N) is 1. The second-order valence-corrected chi connectivity index (χ2v) is 7.48. The molecule has 0 aromatic rings. The van der Waals surface area contributed by atoms with Crippen molar-refractivity contribution in [2.75, 3.05) is 13.6 Å². The summed E-state index contributed by atoms with van der Waals surface area (Å²) in [6.45, 7) is 6.82. The fourth-order valence-electron chi connectivity index (χ4n) is 3.44. The smallest absolute Gasteiger partial charge is 0.237 e. The van der Waals surface area contributed by atoms with E-state index in [1.54, 1.807) is 0 Å². The van der Waals surface area contributed by atoms with Gasteiger partial charge in [-0.25, -0.2) is 0 Å². The molecule has 2 aliphatic heterocycles. The molecule has 0 saturated carbocycles. The molecule has 3 N–H and O–H groups in total. The normalized spacial score (nSPS) is 33.2. The van der Waals surface area contributed by atoms with Gasteiger partial charge in [-0.15, -0.1) is 0 Å². The van der Waals surface area contributed by atoms with Gasteiger partial charge in [0.2, 0.25) is 5.91 Å². The molecule has 2 fully saturated rings. The van der Waals surface area contributed by atoms with Gasteiger partial charge in [-0.1, -0.05) is 20.8 Å². The summed E-state index contributed by atoms with van der Waals surface area (Å²) in [5.41, 5.74) is 5.81. The van der Waals surface area contributed by atoms with Crippen LogP contribution in [0, 0.1) is 11.3 Å². The average molecular weight is 267 g/mol. The molecule has 2 rings (SSSR count). The van der Waals surface area contributed by atoms with Crippen LogP contribution < -0.4 is 11.1 Å². The van der Waals surface area contributed by atoms with Gasteiger partial charge in [-0.3, -0.25) is 4.79 Å². The predicted octanol–water partition coefficient (Wildman–Crippen LogP) is 1.35. The molecule has 0 aromatic carbocycles. The van der Waals surface area contributed by atoms with Gasteiger partial charge in [0.1, 0.15) is 0 Å². The van der Waals surface area contributed by atoms with Crippen LogP contribution in [0.3, 0.4) is 0 Å². The summed E-state index contributed by atoms with van der Waals surface area (Å²) in [6, 6.07) is 1.05. The molecule has 110 valence electrons. The maximum Gasteiger partial charge on any atom is 0.237 e. The molecule has 2 heterocycles. The van der Waals surface area contributed by atoms with Gasteiger partial charge >= 0.3 is 0 Å². The van der Waals surface area contributed by atoms with Crippen LogP contribution in [-0.2, 0) is 4.79 Å². The Morgan fingerprint density at radius 3 is 2.32 bits per heavy atom. The average Bonchev–Trinajstić information content (AvgIpc) is 2.56. The van der Waals surface area contributed by atoms with Gasteiger partial charge in [-0.2, -0.15) is 0 Å². The fraction of sp³-hybridized carbons (Fsp3) is 0.933. The molecule has 4 nitrogen and oxygen atoms in total. The second kappa shape index (κ2) is 5.41. The van der Waals surface area contributed by atoms with E-state index < -0.39 is 6.04 Å². The first-order valence-electron chi connectivity index (χ1n) is 7.54. The first-order valence-corrected chi connectivity index (χ1v) is 7.54.